The predicted octanol–water partition coefficient (Wildman–Crippen LogP) is -0.0216. The third-order valence-electron chi connectivity index (χ3n) is 1.00. The maximum Gasteiger partial charge on any atom is 0.0691 e. The first kappa shape index (κ1) is 5.31. The lowest BCUT2D eigenvalue weighted by Gasteiger charge is -2.16. The van der Waals surface area contributed by atoms with Crippen LogP contribution in [0.3, 0.4) is 0 Å². The zero-order valence-corrected chi connectivity index (χ0v) is 4.83. The van der Waals surface area contributed by atoms with Gasteiger partial charge in [0.1, 0.15) is 0 Å². The molecule has 1 heterocycles. The maximum absolute atomic E-state index is 3.89. The van der Waals surface area contributed by atoms with Crippen molar-refractivity contribution in [2.45, 2.75) is 0 Å². The Kier molecular flexibility index (Phi) is 1.64. The molecule has 0 aromatic rings. The van der Waals surface area contributed by atoms with Gasteiger partial charge in [-0.25, -0.2) is 5.43 Å². The van der Waals surface area contributed by atoms with Gasteiger partial charge in [0.2, 0.25) is 0 Å². The van der Waals surface area contributed by atoms with Gasteiger partial charge in [-0.2, -0.15) is 0 Å². The molecule has 1 N–H and O–H groups in total. The second-order valence-electron chi connectivity index (χ2n) is 1.51. The topological polar surface area (TPSA) is 27.6 Å². The molecular formula is C5H9N3. The normalized spacial score (nSPS) is 17.4. The monoisotopic (exact) mass is 111 g/mol. The summed E-state index contributed by atoms with van der Waals surface area (Å²) in [5, 5.41) is 1.94. The van der Waals surface area contributed by atoms with Crippen molar-refractivity contribution in [1.82, 2.24) is 10.4 Å². The fraction of sp³-hybridized carbons (Fsp3) is 0.400. The van der Waals surface area contributed by atoms with Gasteiger partial charge in [-0.05, 0) is 0 Å². The van der Waals surface area contributed by atoms with Crippen LogP contribution in [0.1, 0.15) is 0 Å². The van der Waals surface area contributed by atoms with E-state index in [0.717, 1.165) is 6.54 Å². The van der Waals surface area contributed by atoms with Crippen LogP contribution in [0.15, 0.2) is 17.4 Å². The Hall–Kier alpha value is -0.830. The quantitative estimate of drug-likeness (QED) is 0.515. The molecule has 3 heteroatoms. The van der Waals surface area contributed by atoms with Crippen molar-refractivity contribution in [3.05, 3.63) is 12.4 Å². The molecule has 3 nitrogen and oxygen atoms in total. The van der Waals surface area contributed by atoms with E-state index < -0.39 is 0 Å². The minimum atomic E-state index is 0.854. The minimum absolute atomic E-state index is 0.854. The van der Waals surface area contributed by atoms with Gasteiger partial charge in [0.15, 0.2) is 0 Å². The fourth-order valence-corrected chi connectivity index (χ4v) is 0.542. The molecule has 0 spiro atoms. The van der Waals surface area contributed by atoms with Crippen LogP contribution in [0.4, 0.5) is 0 Å². The largest absolute Gasteiger partial charge is 0.309 e. The second-order valence-corrected chi connectivity index (χ2v) is 1.51. The molecule has 0 atom stereocenters. The first-order valence-corrected chi connectivity index (χ1v) is 2.56. The third kappa shape index (κ3) is 1.07. The molecule has 0 saturated heterocycles. The Morgan fingerprint density at radius 2 is 2.62 bits per heavy atom. The van der Waals surface area contributed by atoms with Crippen LogP contribution < -0.4 is 5.43 Å². The molecule has 0 aromatic carbocycles. The zero-order chi connectivity index (χ0) is 5.82. The number of rotatable bonds is 1. The Balaban J connectivity index is 2.40. The highest BCUT2D eigenvalue weighted by atomic mass is 15.5. The number of aliphatic imine (C=N–C) groups is 1. The summed E-state index contributed by atoms with van der Waals surface area (Å²) in [5.41, 5.74) is 2.96. The van der Waals surface area contributed by atoms with E-state index in [1.165, 1.54) is 0 Å². The summed E-state index contributed by atoms with van der Waals surface area (Å²) in [6.45, 7) is 0.854. The molecule has 1 aliphatic rings. The van der Waals surface area contributed by atoms with Crippen LogP contribution in [-0.2, 0) is 0 Å². The van der Waals surface area contributed by atoms with Crippen molar-refractivity contribution < 1.29 is 0 Å². The number of nitrogens with zero attached hydrogens (tertiary/aromatic N) is 2. The summed E-state index contributed by atoms with van der Waals surface area (Å²) in [5.74, 6) is 0. The van der Waals surface area contributed by atoms with Gasteiger partial charge in [-0.1, -0.05) is 0 Å². The van der Waals surface area contributed by atoms with E-state index in [2.05, 4.69) is 10.4 Å². The van der Waals surface area contributed by atoms with E-state index in [0.29, 0.717) is 0 Å². The van der Waals surface area contributed by atoms with E-state index in [1.54, 1.807) is 6.20 Å². The molecule has 0 fully saturated rings. The van der Waals surface area contributed by atoms with Gasteiger partial charge in [0, 0.05) is 25.7 Å². The molecule has 1 aliphatic heterocycles. The molecule has 0 radical (unpaired) electrons. The first-order chi connectivity index (χ1) is 3.93. The molecule has 0 aliphatic carbocycles. The number of hydrazine groups is 1. The lowest BCUT2D eigenvalue weighted by atomic mass is 10.6. The summed E-state index contributed by atoms with van der Waals surface area (Å²) in [6.07, 6.45) is 5.48. The molecular weight excluding hydrogens is 102 g/mol. The van der Waals surface area contributed by atoms with Gasteiger partial charge in [0.05, 0.1) is 6.54 Å². The Morgan fingerprint density at radius 3 is 3.00 bits per heavy atom. The second kappa shape index (κ2) is 2.47. The molecule has 44 valence electrons. The van der Waals surface area contributed by atoms with Crippen LogP contribution in [0.2, 0.25) is 0 Å². The van der Waals surface area contributed by atoms with E-state index in [-0.39, 0.29) is 0 Å². The molecule has 0 unspecified atom stereocenters. The third-order valence-corrected chi connectivity index (χ3v) is 1.00. The molecule has 0 saturated carbocycles. The highest BCUT2D eigenvalue weighted by Gasteiger charge is 1.92. The summed E-state index contributed by atoms with van der Waals surface area (Å²) < 4.78 is 0. The highest BCUT2D eigenvalue weighted by Crippen LogP contribution is 1.87. The lowest BCUT2D eigenvalue weighted by molar-refractivity contribution is 0.338. The molecule has 0 amide bonds. The van der Waals surface area contributed by atoms with Crippen molar-refractivity contribution >= 4 is 6.21 Å². The summed E-state index contributed by atoms with van der Waals surface area (Å²) >= 11 is 0. The van der Waals surface area contributed by atoms with Crippen molar-refractivity contribution in [2.24, 2.45) is 4.99 Å². The van der Waals surface area contributed by atoms with E-state index in [1.807, 2.05) is 24.5 Å². The molecule has 0 bridgehead atoms. The maximum atomic E-state index is 3.89. The zero-order valence-electron chi connectivity index (χ0n) is 4.83. The number of hydrogen-bond acceptors (Lipinski definition) is 3. The average molecular weight is 111 g/mol. The van der Waals surface area contributed by atoms with Crippen molar-refractivity contribution in [3.63, 3.8) is 0 Å². The summed E-state index contributed by atoms with van der Waals surface area (Å²) in [6, 6.07) is 0. The standard InChI is InChI=1S/C5H9N3/c1-6-8-4-2-7-3-5-8/h2-4,6H,5H2,1H3. The number of nitrogens with one attached hydrogen (secondary N) is 1. The molecule has 8 heavy (non-hydrogen) atoms. The highest BCUT2D eigenvalue weighted by molar-refractivity contribution is 5.61. The van der Waals surface area contributed by atoms with Crippen molar-refractivity contribution in [1.29, 1.82) is 0 Å². The van der Waals surface area contributed by atoms with Crippen molar-refractivity contribution in [3.8, 4) is 0 Å². The van der Waals surface area contributed by atoms with Crippen LogP contribution >= 0.6 is 0 Å². The Labute approximate surface area is 48.7 Å². The Morgan fingerprint density at radius 1 is 1.75 bits per heavy atom. The van der Waals surface area contributed by atoms with Crippen LogP contribution in [0.25, 0.3) is 0 Å². The van der Waals surface area contributed by atoms with Gasteiger partial charge in [-0.3, -0.25) is 4.99 Å². The minimum Gasteiger partial charge on any atom is -0.309 e. The number of hydrogen-bond donors (Lipinski definition) is 1. The smallest absolute Gasteiger partial charge is 0.0691 e. The van der Waals surface area contributed by atoms with Gasteiger partial charge < -0.3 is 5.01 Å². The van der Waals surface area contributed by atoms with E-state index in [4.69, 9.17) is 0 Å². The van der Waals surface area contributed by atoms with Crippen LogP contribution in [-0.4, -0.2) is 24.8 Å². The summed E-state index contributed by atoms with van der Waals surface area (Å²) in [4.78, 5) is 3.89. The van der Waals surface area contributed by atoms with Gasteiger partial charge in [0.25, 0.3) is 0 Å². The molecule has 1 rings (SSSR count). The summed E-state index contributed by atoms with van der Waals surface area (Å²) in [7, 11) is 1.88. The molecule has 0 aromatic heterocycles. The van der Waals surface area contributed by atoms with Crippen LogP contribution in [0.5, 0.6) is 0 Å². The van der Waals surface area contributed by atoms with Crippen molar-refractivity contribution in [2.75, 3.05) is 13.6 Å². The fourth-order valence-electron chi connectivity index (χ4n) is 0.542. The Bertz CT molecular complexity index is 117. The van der Waals surface area contributed by atoms with Crippen LogP contribution in [0, 0.1) is 0 Å². The van der Waals surface area contributed by atoms with E-state index >= 15 is 0 Å². The SMILES string of the molecule is CNN1C=CN=CC1. The predicted molar refractivity (Wildman–Crippen MR) is 33.4 cm³/mol. The van der Waals surface area contributed by atoms with E-state index in [9.17, 15) is 0 Å². The lowest BCUT2D eigenvalue weighted by Crippen LogP contribution is -2.32. The first-order valence-electron chi connectivity index (χ1n) is 2.56. The van der Waals surface area contributed by atoms with Gasteiger partial charge >= 0.3 is 0 Å². The van der Waals surface area contributed by atoms with Gasteiger partial charge in [-0.15, -0.1) is 0 Å². The average Bonchev–Trinajstić information content (AvgIpc) is 1.90.